The number of rotatable bonds is 5. The average molecular weight is 159 g/mol. The minimum absolute atomic E-state index is 0.0550. The van der Waals surface area contributed by atoms with Crippen molar-refractivity contribution in [1.29, 1.82) is 0 Å². The molecule has 64 valence electrons. The Morgan fingerprint density at radius 2 is 2.18 bits per heavy atom. The molecule has 0 radical (unpaired) electrons. The summed E-state index contributed by atoms with van der Waals surface area (Å²) in [6.07, 6.45) is 0.230. The van der Waals surface area contributed by atoms with Crippen molar-refractivity contribution in [2.24, 2.45) is 5.73 Å². The maximum Gasteiger partial charge on any atom is 0.217 e. The van der Waals surface area contributed by atoms with Crippen LogP contribution in [-0.2, 0) is 9.59 Å². The molecule has 0 heterocycles. The Balaban J connectivity index is 3.70. The summed E-state index contributed by atoms with van der Waals surface area (Å²) in [4.78, 5) is 20.4. The van der Waals surface area contributed by atoms with Gasteiger partial charge in [0.05, 0.1) is 5.97 Å². The number of aliphatic carboxylic acids is 1. The Morgan fingerprint density at radius 3 is 2.45 bits per heavy atom. The van der Waals surface area contributed by atoms with Crippen LogP contribution in [0.1, 0.15) is 12.8 Å². The zero-order chi connectivity index (χ0) is 8.85. The Bertz CT molecular complexity index is 158. The molecule has 0 aromatic heterocycles. The molecule has 3 N–H and O–H groups in total. The van der Waals surface area contributed by atoms with E-state index in [1.165, 1.54) is 7.05 Å². The molecule has 1 atom stereocenters. The van der Waals surface area contributed by atoms with Gasteiger partial charge in [0.15, 0.2) is 0 Å². The number of amides is 1. The van der Waals surface area contributed by atoms with Gasteiger partial charge in [-0.2, -0.15) is 0 Å². The summed E-state index contributed by atoms with van der Waals surface area (Å²) in [6, 6.07) is -0.789. The Labute approximate surface area is 64.6 Å². The molecule has 5 heteroatoms. The zero-order valence-corrected chi connectivity index (χ0v) is 6.29. The molecule has 0 saturated heterocycles. The van der Waals surface area contributed by atoms with Crippen molar-refractivity contribution < 1.29 is 14.7 Å². The second kappa shape index (κ2) is 4.68. The average Bonchev–Trinajstić information content (AvgIpc) is 1.87. The summed E-state index contributed by atoms with van der Waals surface area (Å²) in [6.45, 7) is 0. The van der Waals surface area contributed by atoms with Gasteiger partial charge in [0.1, 0.15) is 0 Å². The number of nitrogens with two attached hydrogens (primary N) is 1. The maximum absolute atomic E-state index is 10.2. The summed E-state index contributed by atoms with van der Waals surface area (Å²) in [7, 11) is 1.49. The number of hydrogen-bond acceptors (Lipinski definition) is 4. The number of carbonyl (C=O) groups excluding carboxylic acids is 2. The highest BCUT2D eigenvalue weighted by Crippen LogP contribution is 1.93. The summed E-state index contributed by atoms with van der Waals surface area (Å²) in [5.74, 6) is -1.72. The summed E-state index contributed by atoms with van der Waals surface area (Å²) >= 11 is 0. The van der Waals surface area contributed by atoms with Crippen LogP contribution in [0.2, 0.25) is 0 Å². The van der Waals surface area contributed by atoms with E-state index < -0.39 is 17.9 Å². The van der Waals surface area contributed by atoms with Gasteiger partial charge in [-0.25, -0.2) is 0 Å². The van der Waals surface area contributed by atoms with Crippen molar-refractivity contribution >= 4 is 11.9 Å². The summed E-state index contributed by atoms with van der Waals surface area (Å²) in [5, 5.41) is 12.7. The first-order valence-corrected chi connectivity index (χ1v) is 3.24. The lowest BCUT2D eigenvalue weighted by atomic mass is 10.1. The van der Waals surface area contributed by atoms with Crippen LogP contribution in [0.5, 0.6) is 0 Å². The monoisotopic (exact) mass is 159 g/mol. The molecule has 0 rings (SSSR count). The lowest BCUT2D eigenvalue weighted by Gasteiger charge is -2.15. The van der Waals surface area contributed by atoms with Crippen molar-refractivity contribution in [2.45, 2.75) is 18.9 Å². The molecule has 5 nitrogen and oxygen atoms in total. The van der Waals surface area contributed by atoms with Gasteiger partial charge < -0.3 is 21.0 Å². The van der Waals surface area contributed by atoms with E-state index in [-0.39, 0.29) is 12.8 Å². The fraction of sp³-hybridized carbons (Fsp3) is 0.667. The number of likely N-dealkylation sites (N-methyl/N-ethyl adjacent to an activating group) is 1. The minimum atomic E-state index is -1.21. The predicted octanol–water partition coefficient (Wildman–Crippen LogP) is -2.41. The van der Waals surface area contributed by atoms with Crippen LogP contribution in [0, 0.1) is 0 Å². The Hall–Kier alpha value is -1.10. The molecular formula is C6H11N2O3-. The van der Waals surface area contributed by atoms with Crippen LogP contribution in [0.25, 0.3) is 0 Å². The highest BCUT2D eigenvalue weighted by Gasteiger charge is 2.07. The standard InChI is InChI=1S/C6H12N2O3/c1-8-4(6(10)11)2-3-5(7)9/h4,8H,2-3H2,1H3,(H2,7,9)(H,10,11)/p-1/t4-/m0/s1. The molecule has 0 saturated carbocycles. The van der Waals surface area contributed by atoms with E-state index in [4.69, 9.17) is 5.73 Å². The van der Waals surface area contributed by atoms with Gasteiger partial charge in [-0.15, -0.1) is 0 Å². The van der Waals surface area contributed by atoms with Crippen molar-refractivity contribution in [3.63, 3.8) is 0 Å². The number of primary amides is 1. The largest absolute Gasteiger partial charge is 0.548 e. The van der Waals surface area contributed by atoms with Crippen molar-refractivity contribution in [2.75, 3.05) is 7.05 Å². The van der Waals surface area contributed by atoms with E-state index in [9.17, 15) is 14.7 Å². The first-order chi connectivity index (χ1) is 5.07. The van der Waals surface area contributed by atoms with Gasteiger partial charge in [-0.05, 0) is 13.5 Å². The second-order valence-electron chi connectivity index (χ2n) is 2.17. The highest BCUT2D eigenvalue weighted by atomic mass is 16.4. The lowest BCUT2D eigenvalue weighted by molar-refractivity contribution is -0.308. The number of hydrogen-bond donors (Lipinski definition) is 2. The summed E-state index contributed by atoms with van der Waals surface area (Å²) < 4.78 is 0. The molecule has 0 unspecified atom stereocenters. The number of carboxylic acid groups (broad SMARTS) is 1. The molecular weight excluding hydrogens is 148 g/mol. The number of carbonyl (C=O) groups is 2. The van der Waals surface area contributed by atoms with Gasteiger partial charge in [-0.3, -0.25) is 4.79 Å². The van der Waals surface area contributed by atoms with Crippen LogP contribution in [-0.4, -0.2) is 25.0 Å². The zero-order valence-electron chi connectivity index (χ0n) is 6.29. The molecule has 0 aliphatic carbocycles. The van der Waals surface area contributed by atoms with Gasteiger partial charge in [0, 0.05) is 12.5 Å². The van der Waals surface area contributed by atoms with Crippen molar-refractivity contribution in [3.8, 4) is 0 Å². The first-order valence-electron chi connectivity index (χ1n) is 3.24. The molecule has 0 aromatic rings. The fourth-order valence-electron chi connectivity index (χ4n) is 0.667. The van der Waals surface area contributed by atoms with E-state index in [1.807, 2.05) is 0 Å². The van der Waals surface area contributed by atoms with Crippen LogP contribution < -0.4 is 16.2 Å². The van der Waals surface area contributed by atoms with E-state index in [2.05, 4.69) is 5.32 Å². The number of carboxylic acids is 1. The third-order valence-electron chi connectivity index (χ3n) is 1.31. The third kappa shape index (κ3) is 4.32. The second-order valence-corrected chi connectivity index (χ2v) is 2.17. The van der Waals surface area contributed by atoms with Gasteiger partial charge in [0.2, 0.25) is 5.91 Å². The third-order valence-corrected chi connectivity index (χ3v) is 1.31. The molecule has 0 aromatic carbocycles. The molecule has 0 bridgehead atoms. The van der Waals surface area contributed by atoms with Gasteiger partial charge in [0.25, 0.3) is 0 Å². The summed E-state index contributed by atoms with van der Waals surface area (Å²) in [5.41, 5.74) is 4.82. The molecule has 0 aliphatic heterocycles. The Kier molecular flexibility index (Phi) is 4.21. The maximum atomic E-state index is 10.2. The Morgan fingerprint density at radius 1 is 1.64 bits per heavy atom. The van der Waals surface area contributed by atoms with Crippen molar-refractivity contribution in [3.05, 3.63) is 0 Å². The lowest BCUT2D eigenvalue weighted by Crippen LogP contribution is -2.44. The minimum Gasteiger partial charge on any atom is -0.548 e. The molecule has 0 spiro atoms. The smallest absolute Gasteiger partial charge is 0.217 e. The van der Waals surface area contributed by atoms with Crippen LogP contribution in [0.3, 0.4) is 0 Å². The first kappa shape index (κ1) is 9.90. The van der Waals surface area contributed by atoms with Gasteiger partial charge >= 0.3 is 0 Å². The van der Waals surface area contributed by atoms with E-state index in [1.54, 1.807) is 0 Å². The predicted molar refractivity (Wildman–Crippen MR) is 36.3 cm³/mol. The topological polar surface area (TPSA) is 95.2 Å². The van der Waals surface area contributed by atoms with Crippen LogP contribution >= 0.6 is 0 Å². The number of nitrogens with one attached hydrogen (secondary N) is 1. The van der Waals surface area contributed by atoms with E-state index in [0.717, 1.165) is 0 Å². The normalized spacial score (nSPS) is 12.5. The quantitative estimate of drug-likeness (QED) is 0.467. The van der Waals surface area contributed by atoms with E-state index in [0.29, 0.717) is 0 Å². The van der Waals surface area contributed by atoms with Crippen molar-refractivity contribution in [1.82, 2.24) is 5.32 Å². The van der Waals surface area contributed by atoms with E-state index >= 15 is 0 Å². The molecule has 11 heavy (non-hydrogen) atoms. The molecule has 1 amide bonds. The van der Waals surface area contributed by atoms with Gasteiger partial charge in [-0.1, -0.05) is 0 Å². The fourth-order valence-corrected chi connectivity index (χ4v) is 0.667. The molecule has 0 aliphatic rings. The SMILES string of the molecule is CN[C@@H](CCC(N)=O)C(=O)[O-]. The van der Waals surface area contributed by atoms with Crippen LogP contribution in [0.15, 0.2) is 0 Å². The molecule has 0 fully saturated rings. The highest BCUT2D eigenvalue weighted by molar-refractivity contribution is 5.76. The van der Waals surface area contributed by atoms with Crippen LogP contribution in [0.4, 0.5) is 0 Å².